The summed E-state index contributed by atoms with van der Waals surface area (Å²) in [5.74, 6) is 0. The lowest BCUT2D eigenvalue weighted by molar-refractivity contribution is 0.00851. The molecule has 15 heavy (non-hydrogen) atoms. The van der Waals surface area contributed by atoms with Crippen molar-refractivity contribution in [2.45, 2.75) is 58.0 Å². The minimum Gasteiger partial charge on any atom is -0.402 e. The number of hydrogen-bond donors (Lipinski definition) is 3. The van der Waals surface area contributed by atoms with Crippen LogP contribution in [-0.2, 0) is 4.65 Å². The van der Waals surface area contributed by atoms with Gasteiger partial charge >= 0.3 is 7.32 Å². The maximum atomic E-state index is 8.90. The van der Waals surface area contributed by atoms with Crippen LogP contribution in [-0.4, -0.2) is 29.5 Å². The molecule has 0 aromatic rings. The fraction of sp³-hybridized carbons (Fsp3) is 1.00. The molecule has 0 aliphatic carbocycles. The molecule has 0 aromatic carbocycles. The van der Waals surface area contributed by atoms with Crippen LogP contribution in [0.2, 0.25) is 0 Å². The van der Waals surface area contributed by atoms with Gasteiger partial charge in [0.2, 0.25) is 0 Å². The van der Waals surface area contributed by atoms with Crippen LogP contribution in [0.15, 0.2) is 0 Å². The van der Waals surface area contributed by atoms with E-state index in [1.807, 2.05) is 0 Å². The van der Waals surface area contributed by atoms with Gasteiger partial charge in [-0.3, -0.25) is 0 Å². The van der Waals surface area contributed by atoms with Crippen molar-refractivity contribution in [2.75, 3.05) is 6.54 Å². The summed E-state index contributed by atoms with van der Waals surface area (Å²) in [5, 5.41) is 17.8. The van der Waals surface area contributed by atoms with E-state index in [0.29, 0.717) is 6.54 Å². The van der Waals surface area contributed by atoms with Gasteiger partial charge in [-0.25, -0.2) is 0 Å². The molecule has 0 radical (unpaired) electrons. The predicted octanol–water partition coefficient (Wildman–Crippen LogP) is 1.05. The molecule has 4 N–H and O–H groups in total. The molecule has 0 amide bonds. The van der Waals surface area contributed by atoms with Gasteiger partial charge in [-0.2, -0.15) is 0 Å². The lowest BCUT2D eigenvalue weighted by atomic mass is 9.89. The van der Waals surface area contributed by atoms with E-state index in [1.54, 1.807) is 0 Å². The van der Waals surface area contributed by atoms with E-state index in [0.717, 1.165) is 38.5 Å². The van der Waals surface area contributed by atoms with E-state index in [9.17, 15) is 0 Å². The monoisotopic (exact) mass is 217 g/mol. The van der Waals surface area contributed by atoms with E-state index in [4.69, 9.17) is 20.4 Å². The molecule has 0 aromatic heterocycles. The fourth-order valence-corrected chi connectivity index (χ4v) is 1.72. The minimum atomic E-state index is -1.72. The molecule has 0 rings (SSSR count). The third kappa shape index (κ3) is 6.15. The Morgan fingerprint density at radius 1 is 1.13 bits per heavy atom. The minimum absolute atomic E-state index is 0.338. The average molecular weight is 217 g/mol. The molecule has 0 heterocycles. The summed E-state index contributed by atoms with van der Waals surface area (Å²) >= 11 is 0. The molecule has 0 atom stereocenters. The molecule has 90 valence electrons. The Bertz CT molecular complexity index is 148. The lowest BCUT2D eigenvalue weighted by Gasteiger charge is -2.33. The summed E-state index contributed by atoms with van der Waals surface area (Å²) in [4.78, 5) is 0. The van der Waals surface area contributed by atoms with Crippen molar-refractivity contribution in [2.24, 2.45) is 5.73 Å². The molecule has 0 bridgehead atoms. The van der Waals surface area contributed by atoms with E-state index in [-0.39, 0.29) is 0 Å². The zero-order chi connectivity index (χ0) is 11.7. The predicted molar refractivity (Wildman–Crippen MR) is 62.1 cm³/mol. The maximum absolute atomic E-state index is 8.90. The highest BCUT2D eigenvalue weighted by molar-refractivity contribution is 6.32. The summed E-state index contributed by atoms with van der Waals surface area (Å²) < 4.78 is 5.18. The van der Waals surface area contributed by atoms with Crippen LogP contribution in [0.25, 0.3) is 0 Å². The Kier molecular flexibility index (Phi) is 8.05. The zero-order valence-electron chi connectivity index (χ0n) is 9.91. The maximum Gasteiger partial charge on any atom is 0.634 e. The quantitative estimate of drug-likeness (QED) is 0.504. The third-order valence-electron chi connectivity index (χ3n) is 2.70. The first kappa shape index (κ1) is 14.9. The summed E-state index contributed by atoms with van der Waals surface area (Å²) in [6, 6.07) is 0. The van der Waals surface area contributed by atoms with Gasteiger partial charge in [0.15, 0.2) is 0 Å². The number of rotatable bonds is 9. The molecule has 0 unspecified atom stereocenters. The largest absolute Gasteiger partial charge is 0.634 e. The number of hydrogen-bond acceptors (Lipinski definition) is 4. The molecule has 0 saturated carbocycles. The van der Waals surface area contributed by atoms with Gasteiger partial charge in [0, 0.05) is 6.54 Å². The molecular formula is C10H24BNO3. The summed E-state index contributed by atoms with van der Waals surface area (Å²) in [6.45, 7) is 4.53. The molecule has 0 aliphatic heterocycles. The van der Waals surface area contributed by atoms with Crippen molar-refractivity contribution < 1.29 is 14.7 Å². The van der Waals surface area contributed by atoms with Crippen LogP contribution in [0.5, 0.6) is 0 Å². The standard InChI is InChI=1S/C10H24BNO3/c1-3-5-7-10(9-12,8-6-4-2)15-11(13)14/h13-14H,3-9,12H2,1-2H3. The number of unbranched alkanes of at least 4 members (excludes halogenated alkanes) is 2. The van der Waals surface area contributed by atoms with Crippen LogP contribution < -0.4 is 5.73 Å². The highest BCUT2D eigenvalue weighted by atomic mass is 16.6. The van der Waals surface area contributed by atoms with Crippen molar-refractivity contribution in [3.05, 3.63) is 0 Å². The smallest absolute Gasteiger partial charge is 0.402 e. The Labute approximate surface area is 93.0 Å². The van der Waals surface area contributed by atoms with Gasteiger partial charge in [0.05, 0.1) is 5.60 Å². The van der Waals surface area contributed by atoms with E-state index in [1.165, 1.54) is 0 Å². The van der Waals surface area contributed by atoms with Gasteiger partial charge in [0.25, 0.3) is 0 Å². The van der Waals surface area contributed by atoms with Crippen molar-refractivity contribution in [3.63, 3.8) is 0 Å². The van der Waals surface area contributed by atoms with Crippen molar-refractivity contribution in [3.8, 4) is 0 Å². The topological polar surface area (TPSA) is 75.7 Å². The van der Waals surface area contributed by atoms with Crippen LogP contribution in [0.4, 0.5) is 0 Å². The van der Waals surface area contributed by atoms with Crippen molar-refractivity contribution in [1.82, 2.24) is 0 Å². The molecule has 0 aliphatic rings. The van der Waals surface area contributed by atoms with Crippen LogP contribution in [0.1, 0.15) is 52.4 Å². The first-order valence-electron chi connectivity index (χ1n) is 5.84. The first-order valence-corrected chi connectivity index (χ1v) is 5.84. The second-order valence-corrected chi connectivity index (χ2v) is 4.04. The van der Waals surface area contributed by atoms with Gasteiger partial charge in [-0.15, -0.1) is 0 Å². The van der Waals surface area contributed by atoms with Gasteiger partial charge < -0.3 is 20.4 Å². The Morgan fingerprint density at radius 2 is 1.60 bits per heavy atom. The zero-order valence-corrected chi connectivity index (χ0v) is 9.91. The summed E-state index contributed by atoms with van der Waals surface area (Å²) in [5.41, 5.74) is 5.14. The highest BCUT2D eigenvalue weighted by Gasteiger charge is 2.32. The second-order valence-electron chi connectivity index (χ2n) is 4.04. The molecule has 0 spiro atoms. The van der Waals surface area contributed by atoms with Gasteiger partial charge in [0.1, 0.15) is 0 Å². The van der Waals surface area contributed by atoms with Crippen molar-refractivity contribution in [1.29, 1.82) is 0 Å². The van der Waals surface area contributed by atoms with Crippen LogP contribution >= 0.6 is 0 Å². The number of nitrogens with two attached hydrogens (primary N) is 1. The average Bonchev–Trinajstić information content (AvgIpc) is 2.22. The Hall–Kier alpha value is -0.0951. The van der Waals surface area contributed by atoms with E-state index in [2.05, 4.69) is 13.8 Å². The second kappa shape index (κ2) is 8.10. The third-order valence-corrected chi connectivity index (χ3v) is 2.70. The van der Waals surface area contributed by atoms with E-state index < -0.39 is 12.9 Å². The molecule has 0 saturated heterocycles. The highest BCUT2D eigenvalue weighted by Crippen LogP contribution is 2.25. The lowest BCUT2D eigenvalue weighted by Crippen LogP contribution is -2.45. The van der Waals surface area contributed by atoms with E-state index >= 15 is 0 Å². The van der Waals surface area contributed by atoms with Gasteiger partial charge in [-0.1, -0.05) is 39.5 Å². The Balaban J connectivity index is 4.30. The van der Waals surface area contributed by atoms with Crippen molar-refractivity contribution >= 4 is 7.32 Å². The van der Waals surface area contributed by atoms with Crippen LogP contribution in [0.3, 0.4) is 0 Å². The SMILES string of the molecule is CCCCC(CN)(CCCC)OB(O)O. The normalized spacial score (nSPS) is 11.8. The molecule has 4 nitrogen and oxygen atoms in total. The Morgan fingerprint density at radius 3 is 1.87 bits per heavy atom. The molecule has 0 fully saturated rings. The summed E-state index contributed by atoms with van der Waals surface area (Å²) in [7, 11) is -1.72. The molecular weight excluding hydrogens is 193 g/mol. The van der Waals surface area contributed by atoms with Crippen LogP contribution in [0, 0.1) is 0 Å². The first-order chi connectivity index (χ1) is 7.10. The molecule has 5 heteroatoms. The fourth-order valence-electron chi connectivity index (χ4n) is 1.72. The van der Waals surface area contributed by atoms with Gasteiger partial charge in [-0.05, 0) is 12.8 Å². The summed E-state index contributed by atoms with van der Waals surface area (Å²) in [6.07, 6.45) is 5.67.